The van der Waals surface area contributed by atoms with E-state index in [2.05, 4.69) is 9.97 Å². The fraction of sp³-hybridized carbons (Fsp3) is 0.343. The normalized spacial score (nSPS) is 17.3. The van der Waals surface area contributed by atoms with E-state index in [4.69, 9.17) is 5.73 Å². The third kappa shape index (κ3) is 7.54. The van der Waals surface area contributed by atoms with Crippen molar-refractivity contribution in [2.75, 3.05) is 23.8 Å². The number of benzene rings is 3. The molecule has 0 unspecified atom stereocenters. The number of amides is 1. The summed E-state index contributed by atoms with van der Waals surface area (Å²) < 4.78 is 13.4. The quantitative estimate of drug-likeness (QED) is 0.134. The Kier molecular flexibility index (Phi) is 10.2. The van der Waals surface area contributed by atoms with Crippen LogP contribution in [0.4, 0.5) is 15.9 Å². The predicted molar refractivity (Wildman–Crippen MR) is 168 cm³/mol. The van der Waals surface area contributed by atoms with Gasteiger partial charge in [0.25, 0.3) is 0 Å². The zero-order valence-corrected chi connectivity index (χ0v) is 25.0. The van der Waals surface area contributed by atoms with Crippen LogP contribution in [0.3, 0.4) is 0 Å². The van der Waals surface area contributed by atoms with Gasteiger partial charge in [0, 0.05) is 18.1 Å². The summed E-state index contributed by atoms with van der Waals surface area (Å²) >= 11 is 0. The number of halogens is 1. The first-order valence-corrected chi connectivity index (χ1v) is 15.1. The average Bonchev–Trinajstić information content (AvgIpc) is 3.07. The van der Waals surface area contributed by atoms with E-state index in [9.17, 15) is 29.6 Å². The van der Waals surface area contributed by atoms with Gasteiger partial charge in [0.1, 0.15) is 17.2 Å². The second kappa shape index (κ2) is 14.3. The highest BCUT2D eigenvalue weighted by Crippen LogP contribution is 2.46. The molecule has 236 valence electrons. The van der Waals surface area contributed by atoms with Crippen LogP contribution in [0.15, 0.2) is 85.2 Å². The Bertz CT molecular complexity index is 1560. The molecule has 2 heterocycles. The zero-order valence-electron chi connectivity index (χ0n) is 25.0. The number of aromatic nitrogens is 2. The molecule has 10 heteroatoms. The molecule has 3 aromatic carbocycles. The summed E-state index contributed by atoms with van der Waals surface area (Å²) in [6.07, 6.45) is 5.16. The molecular formula is C35H39FN4O5. The van der Waals surface area contributed by atoms with Crippen molar-refractivity contribution in [3.8, 4) is 0 Å². The molecule has 0 saturated carbocycles. The van der Waals surface area contributed by atoms with Crippen LogP contribution in [0.25, 0.3) is 0 Å². The molecule has 3 atom stereocenters. The average molecular weight is 615 g/mol. The minimum absolute atomic E-state index is 0.0357. The molecule has 6 N–H and O–H groups in total. The Morgan fingerprint density at radius 2 is 1.49 bits per heavy atom. The van der Waals surface area contributed by atoms with Crippen molar-refractivity contribution >= 4 is 17.4 Å². The van der Waals surface area contributed by atoms with Crippen LogP contribution in [-0.2, 0) is 24.1 Å². The Balaban J connectivity index is 1.32. The van der Waals surface area contributed by atoms with Gasteiger partial charge in [-0.05, 0) is 85.0 Å². The highest BCUT2D eigenvalue weighted by molar-refractivity contribution is 6.03. The molecule has 1 aromatic heterocycles. The minimum Gasteiger partial charge on any atom is -0.393 e. The Morgan fingerprint density at radius 3 is 2.13 bits per heavy atom. The van der Waals surface area contributed by atoms with Crippen LogP contribution in [0.1, 0.15) is 59.4 Å². The van der Waals surface area contributed by atoms with E-state index >= 15 is 0 Å². The summed E-state index contributed by atoms with van der Waals surface area (Å²) in [4.78, 5) is 23.8. The Hall–Kier alpha value is -4.22. The second-order valence-corrected chi connectivity index (χ2v) is 11.7. The van der Waals surface area contributed by atoms with E-state index in [1.165, 1.54) is 12.1 Å². The highest BCUT2D eigenvalue weighted by Gasteiger charge is 2.48. The SMILES string of the molecule is Nc1nccnc1CCc1ccc(N2C(=O)[C@H](CC[C@H](O)c3ccc(F)cc3)[C@H]2c2ccc(CCC(O)(CO)CO)cc2)cc1. The first-order chi connectivity index (χ1) is 21.7. The van der Waals surface area contributed by atoms with Crippen LogP contribution in [0, 0.1) is 11.7 Å². The lowest BCUT2D eigenvalue weighted by molar-refractivity contribution is -0.131. The number of anilines is 2. The van der Waals surface area contributed by atoms with Crippen molar-refractivity contribution in [2.24, 2.45) is 5.92 Å². The second-order valence-electron chi connectivity index (χ2n) is 11.7. The number of nitrogen functional groups attached to an aromatic ring is 1. The molecule has 1 aliphatic heterocycles. The molecule has 1 saturated heterocycles. The molecule has 5 rings (SSSR count). The minimum atomic E-state index is -1.54. The zero-order chi connectivity index (χ0) is 32.0. The van der Waals surface area contributed by atoms with Crippen LogP contribution in [0.5, 0.6) is 0 Å². The van der Waals surface area contributed by atoms with Gasteiger partial charge < -0.3 is 31.1 Å². The molecule has 0 radical (unpaired) electrons. The lowest BCUT2D eigenvalue weighted by Crippen LogP contribution is -2.55. The van der Waals surface area contributed by atoms with Gasteiger partial charge in [-0.3, -0.25) is 9.78 Å². The summed E-state index contributed by atoms with van der Waals surface area (Å²) in [5.41, 5.74) is 9.43. The van der Waals surface area contributed by atoms with Gasteiger partial charge in [0.2, 0.25) is 5.91 Å². The molecule has 1 amide bonds. The van der Waals surface area contributed by atoms with Gasteiger partial charge in [-0.1, -0.05) is 48.5 Å². The smallest absolute Gasteiger partial charge is 0.233 e. The largest absolute Gasteiger partial charge is 0.393 e. The molecule has 0 bridgehead atoms. The number of carbonyl (C=O) groups excluding carboxylic acids is 1. The van der Waals surface area contributed by atoms with Crippen molar-refractivity contribution < 1.29 is 29.6 Å². The van der Waals surface area contributed by atoms with Gasteiger partial charge >= 0.3 is 0 Å². The van der Waals surface area contributed by atoms with Gasteiger partial charge in [-0.2, -0.15) is 0 Å². The number of nitrogens with zero attached hydrogens (tertiary/aromatic N) is 3. The Morgan fingerprint density at radius 1 is 0.867 bits per heavy atom. The number of aliphatic hydroxyl groups excluding tert-OH is 3. The van der Waals surface area contributed by atoms with E-state index in [0.717, 1.165) is 28.1 Å². The number of nitrogens with two attached hydrogens (primary N) is 1. The first-order valence-electron chi connectivity index (χ1n) is 15.1. The fourth-order valence-electron chi connectivity index (χ4n) is 5.81. The number of aryl methyl sites for hydroxylation is 3. The van der Waals surface area contributed by atoms with Crippen LogP contribution in [-0.4, -0.2) is 55.1 Å². The van der Waals surface area contributed by atoms with Gasteiger partial charge in [0.15, 0.2) is 0 Å². The predicted octanol–water partition coefficient (Wildman–Crippen LogP) is 3.85. The molecule has 4 aromatic rings. The van der Waals surface area contributed by atoms with E-state index < -0.39 is 24.9 Å². The molecule has 0 spiro atoms. The lowest BCUT2D eigenvalue weighted by Gasteiger charge is -2.48. The number of β-lactam (4-membered cyclic amide) rings is 1. The van der Waals surface area contributed by atoms with E-state index in [1.54, 1.807) is 29.4 Å². The molecule has 1 fully saturated rings. The molecular weight excluding hydrogens is 575 g/mol. The van der Waals surface area contributed by atoms with E-state index in [-0.39, 0.29) is 30.1 Å². The van der Waals surface area contributed by atoms with Crippen LogP contribution in [0.2, 0.25) is 0 Å². The summed E-state index contributed by atoms with van der Waals surface area (Å²) in [6.45, 7) is -1.06. The number of hydrogen-bond acceptors (Lipinski definition) is 8. The lowest BCUT2D eigenvalue weighted by atomic mass is 9.78. The summed E-state index contributed by atoms with van der Waals surface area (Å²) in [6, 6.07) is 21.1. The summed E-state index contributed by atoms with van der Waals surface area (Å²) in [7, 11) is 0. The number of rotatable bonds is 14. The third-order valence-corrected chi connectivity index (χ3v) is 8.68. The number of aliphatic hydroxyl groups is 4. The fourth-order valence-corrected chi connectivity index (χ4v) is 5.81. The standard InChI is InChI=1S/C35H39FN4O5/c36-27-10-8-25(9-11-27)31(43)16-14-29-32(26-6-1-24(2-7-26)17-18-35(45,21-41)22-42)40(34(29)44)28-12-3-23(4-13-28)5-15-30-33(37)39-20-19-38-30/h1-4,6-13,19-20,29,31-32,41-43,45H,5,14-18,21-22H2,(H2,37,39)/t29-,31+,32-/m1/s1. The molecule has 45 heavy (non-hydrogen) atoms. The number of carbonyl (C=O) groups is 1. The van der Waals surface area contributed by atoms with Crippen LogP contribution < -0.4 is 10.6 Å². The highest BCUT2D eigenvalue weighted by atomic mass is 19.1. The maximum Gasteiger partial charge on any atom is 0.233 e. The monoisotopic (exact) mass is 614 g/mol. The third-order valence-electron chi connectivity index (χ3n) is 8.68. The van der Waals surface area contributed by atoms with Gasteiger partial charge in [-0.25, -0.2) is 9.37 Å². The van der Waals surface area contributed by atoms with Crippen LogP contribution >= 0.6 is 0 Å². The molecule has 1 aliphatic rings. The molecule has 0 aliphatic carbocycles. The number of hydrogen-bond donors (Lipinski definition) is 5. The van der Waals surface area contributed by atoms with Crippen molar-refractivity contribution in [3.63, 3.8) is 0 Å². The maximum absolute atomic E-state index is 13.6. The van der Waals surface area contributed by atoms with E-state index in [0.29, 0.717) is 43.5 Å². The van der Waals surface area contributed by atoms with Gasteiger partial charge in [-0.15, -0.1) is 0 Å². The van der Waals surface area contributed by atoms with Crippen molar-refractivity contribution in [1.29, 1.82) is 0 Å². The van der Waals surface area contributed by atoms with Crippen molar-refractivity contribution in [1.82, 2.24) is 9.97 Å². The van der Waals surface area contributed by atoms with Crippen molar-refractivity contribution in [2.45, 2.75) is 56.3 Å². The maximum atomic E-state index is 13.6. The Labute approximate surface area is 261 Å². The summed E-state index contributed by atoms with van der Waals surface area (Å²) in [5.74, 6) is -0.353. The topological polar surface area (TPSA) is 153 Å². The molecule has 9 nitrogen and oxygen atoms in total. The van der Waals surface area contributed by atoms with E-state index in [1.807, 2.05) is 48.5 Å². The van der Waals surface area contributed by atoms with Gasteiger partial charge in [0.05, 0.1) is 37.0 Å². The first kappa shape index (κ1) is 32.2. The summed E-state index contributed by atoms with van der Waals surface area (Å²) in [5, 5.41) is 39.8. The van der Waals surface area contributed by atoms with Crippen molar-refractivity contribution in [3.05, 3.63) is 119 Å².